The number of hydrogen-bond acceptors (Lipinski definition) is 4. The first-order chi connectivity index (χ1) is 14.6. The predicted octanol–water partition coefficient (Wildman–Crippen LogP) is 3.52. The molecule has 31 heavy (non-hydrogen) atoms. The molecule has 1 unspecified atom stereocenters. The largest absolute Gasteiger partial charge is 0.416 e. The lowest BCUT2D eigenvalue weighted by atomic mass is 9.95. The van der Waals surface area contributed by atoms with E-state index in [0.29, 0.717) is 38.6 Å². The molecule has 3 rings (SSSR count). The molecule has 2 aliphatic heterocycles. The van der Waals surface area contributed by atoms with Crippen LogP contribution >= 0.6 is 0 Å². The van der Waals surface area contributed by atoms with Gasteiger partial charge in [-0.2, -0.15) is 17.5 Å². The molecule has 1 aromatic rings. The van der Waals surface area contributed by atoms with E-state index in [0.717, 1.165) is 31.4 Å². The normalized spacial score (nSPS) is 21.9. The number of nitrogens with zero attached hydrogens (tertiary/aromatic N) is 2. The van der Waals surface area contributed by atoms with E-state index < -0.39 is 21.8 Å². The molecule has 0 radical (unpaired) electrons. The summed E-state index contributed by atoms with van der Waals surface area (Å²) in [6.45, 7) is 4.15. The Balaban J connectivity index is 1.60. The summed E-state index contributed by atoms with van der Waals surface area (Å²) in [7, 11) is -4.05. The molecule has 174 valence electrons. The van der Waals surface area contributed by atoms with Gasteiger partial charge in [-0.1, -0.05) is 13.0 Å². The Bertz CT molecular complexity index is 868. The number of halogens is 3. The first kappa shape index (κ1) is 24.0. The number of ether oxygens (including phenoxy) is 1. The van der Waals surface area contributed by atoms with Gasteiger partial charge in [0.2, 0.25) is 15.9 Å². The van der Waals surface area contributed by atoms with Crippen molar-refractivity contribution >= 4 is 15.9 Å². The number of carbonyl (C=O) groups is 1. The summed E-state index contributed by atoms with van der Waals surface area (Å²) in [6, 6.07) is 3.78. The fourth-order valence-corrected chi connectivity index (χ4v) is 5.66. The van der Waals surface area contributed by atoms with Crippen LogP contribution in [-0.4, -0.2) is 62.4 Å². The van der Waals surface area contributed by atoms with E-state index in [2.05, 4.69) is 0 Å². The molecular weight excluding hydrogens is 433 g/mol. The Labute approximate surface area is 181 Å². The highest BCUT2D eigenvalue weighted by molar-refractivity contribution is 7.89. The summed E-state index contributed by atoms with van der Waals surface area (Å²) >= 11 is 0. The Morgan fingerprint density at radius 2 is 1.87 bits per heavy atom. The zero-order valence-corrected chi connectivity index (χ0v) is 18.4. The van der Waals surface area contributed by atoms with Gasteiger partial charge in [-0.25, -0.2) is 8.42 Å². The molecule has 1 atom stereocenters. The van der Waals surface area contributed by atoms with Crippen LogP contribution in [0.3, 0.4) is 0 Å². The van der Waals surface area contributed by atoms with Gasteiger partial charge in [-0.05, 0) is 50.3 Å². The maximum Gasteiger partial charge on any atom is 0.416 e. The third kappa shape index (κ3) is 5.78. The third-order valence-electron chi connectivity index (χ3n) is 5.85. The van der Waals surface area contributed by atoms with Gasteiger partial charge in [0.25, 0.3) is 0 Å². The van der Waals surface area contributed by atoms with Crippen molar-refractivity contribution in [3.05, 3.63) is 29.8 Å². The smallest absolute Gasteiger partial charge is 0.376 e. The van der Waals surface area contributed by atoms with Crippen LogP contribution in [0.15, 0.2) is 29.2 Å². The van der Waals surface area contributed by atoms with Crippen molar-refractivity contribution in [3.8, 4) is 0 Å². The lowest BCUT2D eigenvalue weighted by Gasteiger charge is -2.37. The fraction of sp³-hybridized carbons (Fsp3) is 0.667. The van der Waals surface area contributed by atoms with Crippen molar-refractivity contribution in [2.75, 3.05) is 32.8 Å². The van der Waals surface area contributed by atoms with Crippen LogP contribution in [0.25, 0.3) is 0 Å². The zero-order chi connectivity index (χ0) is 22.6. The molecule has 2 aliphatic rings. The van der Waals surface area contributed by atoms with Gasteiger partial charge in [-0.15, -0.1) is 0 Å². The maximum absolute atomic E-state index is 13.0. The first-order valence-corrected chi connectivity index (χ1v) is 12.1. The second-order valence-electron chi connectivity index (χ2n) is 8.12. The molecule has 1 amide bonds. The summed E-state index contributed by atoms with van der Waals surface area (Å²) in [5.74, 6) is -0.265. The lowest BCUT2D eigenvalue weighted by molar-refractivity contribution is -0.141. The number of piperidine rings is 2. The van der Waals surface area contributed by atoms with Gasteiger partial charge in [0.15, 0.2) is 0 Å². The standard InChI is InChI=1S/C21H29F3N2O4S/c1-2-13-30-18-6-4-10-25(15-18)20(27)16-8-11-26(12-9-16)31(28,29)19-7-3-5-17(14-19)21(22,23)24/h3,5,7,14,16,18H,2,4,6,8-13,15H2,1H3. The van der Waals surface area contributed by atoms with Crippen molar-refractivity contribution in [1.29, 1.82) is 0 Å². The number of sulfonamides is 1. The van der Waals surface area contributed by atoms with Crippen LogP contribution < -0.4 is 0 Å². The van der Waals surface area contributed by atoms with E-state index >= 15 is 0 Å². The predicted molar refractivity (Wildman–Crippen MR) is 109 cm³/mol. The Hall–Kier alpha value is -1.65. The van der Waals surface area contributed by atoms with Gasteiger partial charge in [0.05, 0.1) is 16.6 Å². The zero-order valence-electron chi connectivity index (χ0n) is 17.6. The first-order valence-electron chi connectivity index (χ1n) is 10.7. The van der Waals surface area contributed by atoms with Crippen molar-refractivity contribution in [2.45, 2.75) is 56.2 Å². The summed E-state index contributed by atoms with van der Waals surface area (Å²) < 4.78 is 71.5. The molecule has 2 fully saturated rings. The number of likely N-dealkylation sites (tertiary alicyclic amines) is 1. The summed E-state index contributed by atoms with van der Waals surface area (Å²) in [6.07, 6.45) is -1.14. The number of carbonyl (C=O) groups excluding carboxylic acids is 1. The highest BCUT2D eigenvalue weighted by Gasteiger charge is 2.37. The molecule has 6 nitrogen and oxygen atoms in total. The molecule has 0 spiro atoms. The second kappa shape index (κ2) is 9.87. The average molecular weight is 463 g/mol. The molecule has 0 bridgehead atoms. The molecule has 0 aromatic heterocycles. The number of alkyl halides is 3. The highest BCUT2D eigenvalue weighted by atomic mass is 32.2. The quantitative estimate of drug-likeness (QED) is 0.649. The minimum absolute atomic E-state index is 0.0147. The van der Waals surface area contributed by atoms with E-state index in [4.69, 9.17) is 4.74 Å². The van der Waals surface area contributed by atoms with Gasteiger partial charge in [0, 0.05) is 38.7 Å². The maximum atomic E-state index is 13.0. The molecule has 10 heteroatoms. The lowest BCUT2D eigenvalue weighted by Crippen LogP contribution is -2.48. The van der Waals surface area contributed by atoms with Crippen LogP contribution in [0.5, 0.6) is 0 Å². The molecule has 1 aromatic carbocycles. The van der Waals surface area contributed by atoms with E-state index in [1.807, 2.05) is 11.8 Å². The van der Waals surface area contributed by atoms with Gasteiger partial charge in [-0.3, -0.25) is 4.79 Å². The average Bonchev–Trinajstić information content (AvgIpc) is 2.77. The van der Waals surface area contributed by atoms with Gasteiger partial charge < -0.3 is 9.64 Å². The topological polar surface area (TPSA) is 66.9 Å². The monoisotopic (exact) mass is 462 g/mol. The van der Waals surface area contributed by atoms with E-state index in [1.54, 1.807) is 0 Å². The van der Waals surface area contributed by atoms with E-state index in [1.165, 1.54) is 10.4 Å². The molecular formula is C21H29F3N2O4S. The van der Waals surface area contributed by atoms with Crippen LogP contribution in [0.2, 0.25) is 0 Å². The Morgan fingerprint density at radius 1 is 1.16 bits per heavy atom. The minimum atomic E-state index is -4.61. The van der Waals surface area contributed by atoms with E-state index in [-0.39, 0.29) is 35.9 Å². The number of rotatable bonds is 6. The Kier molecular flexibility index (Phi) is 7.64. The highest BCUT2D eigenvalue weighted by Crippen LogP contribution is 2.32. The van der Waals surface area contributed by atoms with Crippen LogP contribution in [-0.2, 0) is 25.7 Å². The molecule has 2 heterocycles. The Morgan fingerprint density at radius 3 is 2.52 bits per heavy atom. The molecule has 2 saturated heterocycles. The second-order valence-corrected chi connectivity index (χ2v) is 10.1. The van der Waals surface area contributed by atoms with Gasteiger partial charge >= 0.3 is 6.18 Å². The number of hydrogen-bond donors (Lipinski definition) is 0. The molecule has 0 N–H and O–H groups in total. The third-order valence-corrected chi connectivity index (χ3v) is 7.74. The van der Waals surface area contributed by atoms with E-state index in [9.17, 15) is 26.4 Å². The molecule has 0 saturated carbocycles. The molecule has 0 aliphatic carbocycles. The minimum Gasteiger partial charge on any atom is -0.376 e. The van der Waals surface area contributed by atoms with Gasteiger partial charge in [0.1, 0.15) is 0 Å². The summed E-state index contributed by atoms with van der Waals surface area (Å²) in [4.78, 5) is 14.4. The fourth-order valence-electron chi connectivity index (χ4n) is 4.14. The number of amides is 1. The van der Waals surface area contributed by atoms with Crippen LogP contribution in [0, 0.1) is 5.92 Å². The van der Waals surface area contributed by atoms with Crippen LogP contribution in [0.1, 0.15) is 44.6 Å². The van der Waals surface area contributed by atoms with Crippen molar-refractivity contribution in [3.63, 3.8) is 0 Å². The van der Waals surface area contributed by atoms with Crippen molar-refractivity contribution < 1.29 is 31.1 Å². The van der Waals surface area contributed by atoms with Crippen molar-refractivity contribution in [1.82, 2.24) is 9.21 Å². The van der Waals surface area contributed by atoms with Crippen molar-refractivity contribution in [2.24, 2.45) is 5.92 Å². The van der Waals surface area contributed by atoms with Crippen LogP contribution in [0.4, 0.5) is 13.2 Å². The number of benzene rings is 1. The SMILES string of the molecule is CCCOC1CCCN(C(=O)C2CCN(S(=O)(=O)c3cccc(C(F)(F)F)c3)CC2)C1. The summed E-state index contributed by atoms with van der Waals surface area (Å²) in [5.41, 5.74) is -0.997. The summed E-state index contributed by atoms with van der Waals surface area (Å²) in [5, 5.41) is 0.